The summed E-state index contributed by atoms with van der Waals surface area (Å²) in [5.74, 6) is 0. The van der Waals surface area contributed by atoms with Crippen LogP contribution in [0.25, 0.3) is 0 Å². The number of benzene rings is 1. The van der Waals surface area contributed by atoms with Crippen LogP contribution in [0, 0.1) is 10.8 Å². The molecule has 0 fully saturated rings. The lowest BCUT2D eigenvalue weighted by Crippen LogP contribution is -2.56. The van der Waals surface area contributed by atoms with Gasteiger partial charge in [-0.05, 0) is 22.0 Å². The molecule has 1 N–H and O–H groups in total. The van der Waals surface area contributed by atoms with E-state index in [9.17, 15) is 0 Å². The molecule has 2 rings (SSSR count). The fraction of sp³-hybridized carbons (Fsp3) is 0.625. The lowest BCUT2D eigenvalue weighted by atomic mass is 9.57. The predicted octanol–water partition coefficient (Wildman–Crippen LogP) is 4.08. The summed E-state index contributed by atoms with van der Waals surface area (Å²) in [6.45, 7) is 15.0. The van der Waals surface area contributed by atoms with Crippen molar-refractivity contribution in [2.45, 2.75) is 53.6 Å². The maximum Gasteiger partial charge on any atom is 0.0538 e. The minimum Gasteiger partial charge on any atom is -0.302 e. The molecule has 0 unspecified atom stereocenters. The van der Waals surface area contributed by atoms with Crippen molar-refractivity contribution in [3.05, 3.63) is 35.4 Å². The van der Waals surface area contributed by atoms with Crippen molar-refractivity contribution in [1.29, 1.82) is 0 Å². The highest BCUT2D eigenvalue weighted by molar-refractivity contribution is 5.41. The normalized spacial score (nSPS) is 19.2. The smallest absolute Gasteiger partial charge is 0.0538 e. The van der Waals surface area contributed by atoms with E-state index in [1.165, 1.54) is 11.1 Å². The van der Waals surface area contributed by atoms with Gasteiger partial charge in [0, 0.05) is 6.54 Å². The van der Waals surface area contributed by atoms with E-state index in [4.69, 9.17) is 0 Å². The van der Waals surface area contributed by atoms with Gasteiger partial charge in [-0.3, -0.25) is 0 Å². The maximum absolute atomic E-state index is 3.82. The van der Waals surface area contributed by atoms with Gasteiger partial charge >= 0.3 is 0 Å². The van der Waals surface area contributed by atoms with Crippen LogP contribution in [0.3, 0.4) is 0 Å². The maximum atomic E-state index is 3.82. The van der Waals surface area contributed by atoms with Gasteiger partial charge in [0.15, 0.2) is 0 Å². The Hall–Kier alpha value is -0.820. The molecule has 0 atom stereocenters. The van der Waals surface area contributed by atoms with Gasteiger partial charge in [0.2, 0.25) is 0 Å². The SMILES string of the molecule is CC(C)(C)C1(C(C)(C)C)NCc2ccccc21. The zero-order valence-electron chi connectivity index (χ0n) is 12.0. The van der Waals surface area contributed by atoms with Crippen LogP contribution in [0.2, 0.25) is 0 Å². The topological polar surface area (TPSA) is 12.0 Å². The van der Waals surface area contributed by atoms with Crippen molar-refractivity contribution in [3.8, 4) is 0 Å². The Bertz CT molecular complexity index is 404. The van der Waals surface area contributed by atoms with Crippen LogP contribution >= 0.6 is 0 Å². The summed E-state index contributed by atoms with van der Waals surface area (Å²) in [4.78, 5) is 0. The summed E-state index contributed by atoms with van der Waals surface area (Å²) in [7, 11) is 0. The number of fused-ring (bicyclic) bond motifs is 1. The first-order chi connectivity index (χ1) is 7.70. The Kier molecular flexibility index (Phi) is 2.66. The first kappa shape index (κ1) is 12.6. The molecule has 1 heterocycles. The summed E-state index contributed by atoms with van der Waals surface area (Å²) in [5.41, 5.74) is 3.38. The van der Waals surface area contributed by atoms with Crippen LogP contribution in [-0.2, 0) is 12.1 Å². The third-order valence-electron chi connectivity index (χ3n) is 4.22. The van der Waals surface area contributed by atoms with Gasteiger partial charge in [0.1, 0.15) is 0 Å². The number of nitrogens with one attached hydrogen (secondary N) is 1. The summed E-state index contributed by atoms with van der Waals surface area (Å²) < 4.78 is 0. The highest BCUT2D eigenvalue weighted by atomic mass is 15.0. The first-order valence-electron chi connectivity index (χ1n) is 6.53. The molecule has 1 aromatic rings. The van der Waals surface area contributed by atoms with E-state index in [1.807, 2.05) is 0 Å². The predicted molar refractivity (Wildman–Crippen MR) is 73.9 cm³/mol. The van der Waals surface area contributed by atoms with Crippen LogP contribution < -0.4 is 5.32 Å². The molecular weight excluding hydrogens is 206 g/mol. The van der Waals surface area contributed by atoms with Crippen molar-refractivity contribution in [2.75, 3.05) is 0 Å². The fourth-order valence-corrected chi connectivity index (χ4v) is 3.83. The van der Waals surface area contributed by atoms with Crippen LogP contribution in [-0.4, -0.2) is 0 Å². The summed E-state index contributed by atoms with van der Waals surface area (Å²) in [5, 5.41) is 3.82. The molecule has 0 aliphatic carbocycles. The molecule has 17 heavy (non-hydrogen) atoms. The first-order valence-corrected chi connectivity index (χ1v) is 6.53. The van der Waals surface area contributed by atoms with Crippen molar-refractivity contribution in [3.63, 3.8) is 0 Å². The van der Waals surface area contributed by atoms with Gasteiger partial charge in [-0.2, -0.15) is 0 Å². The molecule has 0 radical (unpaired) electrons. The quantitative estimate of drug-likeness (QED) is 0.709. The van der Waals surface area contributed by atoms with Gasteiger partial charge in [0.05, 0.1) is 5.54 Å². The average Bonchev–Trinajstić information content (AvgIpc) is 2.55. The van der Waals surface area contributed by atoms with Crippen molar-refractivity contribution in [1.82, 2.24) is 5.32 Å². The van der Waals surface area contributed by atoms with Crippen molar-refractivity contribution < 1.29 is 0 Å². The second-order valence-corrected chi connectivity index (χ2v) is 7.26. The second-order valence-electron chi connectivity index (χ2n) is 7.26. The van der Waals surface area contributed by atoms with E-state index >= 15 is 0 Å². The summed E-state index contributed by atoms with van der Waals surface area (Å²) in [6, 6.07) is 8.85. The number of rotatable bonds is 0. The Morgan fingerprint density at radius 2 is 1.47 bits per heavy atom. The zero-order chi connectivity index (χ0) is 12.9. The molecular formula is C16H25N. The number of hydrogen-bond donors (Lipinski definition) is 1. The molecule has 1 heteroatoms. The molecule has 0 saturated heterocycles. The summed E-state index contributed by atoms with van der Waals surface area (Å²) >= 11 is 0. The van der Waals surface area contributed by atoms with Crippen molar-refractivity contribution >= 4 is 0 Å². The molecule has 1 aromatic carbocycles. The average molecular weight is 231 g/mol. The standard InChI is InChI=1S/C16H25N/c1-14(2,3)16(15(4,5)6)13-10-8-7-9-12(13)11-17-16/h7-10,17H,11H2,1-6H3. The monoisotopic (exact) mass is 231 g/mol. The lowest BCUT2D eigenvalue weighted by molar-refractivity contribution is 0.0268. The minimum absolute atomic E-state index is 0.0522. The highest BCUT2D eigenvalue weighted by Gasteiger charge is 2.54. The van der Waals surface area contributed by atoms with Crippen molar-refractivity contribution in [2.24, 2.45) is 10.8 Å². The van der Waals surface area contributed by atoms with E-state index in [-0.39, 0.29) is 16.4 Å². The van der Waals surface area contributed by atoms with E-state index < -0.39 is 0 Å². The Morgan fingerprint density at radius 3 is 2.00 bits per heavy atom. The van der Waals surface area contributed by atoms with Gasteiger partial charge in [-0.25, -0.2) is 0 Å². The van der Waals surface area contributed by atoms with Gasteiger partial charge < -0.3 is 5.32 Å². The highest BCUT2D eigenvalue weighted by Crippen LogP contribution is 2.54. The molecule has 0 spiro atoms. The van der Waals surface area contributed by atoms with Crippen LogP contribution in [0.4, 0.5) is 0 Å². The third-order valence-corrected chi connectivity index (χ3v) is 4.22. The molecule has 0 aromatic heterocycles. The fourth-order valence-electron chi connectivity index (χ4n) is 3.83. The largest absolute Gasteiger partial charge is 0.302 e. The zero-order valence-corrected chi connectivity index (χ0v) is 12.0. The van der Waals surface area contributed by atoms with Gasteiger partial charge in [-0.15, -0.1) is 0 Å². The minimum atomic E-state index is 0.0522. The van der Waals surface area contributed by atoms with Crippen LogP contribution in [0.1, 0.15) is 52.7 Å². The van der Waals surface area contributed by atoms with E-state index in [2.05, 4.69) is 71.1 Å². The Labute approximate surface area is 106 Å². The van der Waals surface area contributed by atoms with E-state index in [0.717, 1.165) is 6.54 Å². The third kappa shape index (κ3) is 1.63. The van der Waals surface area contributed by atoms with Gasteiger partial charge in [0.25, 0.3) is 0 Å². The summed E-state index contributed by atoms with van der Waals surface area (Å²) in [6.07, 6.45) is 0. The molecule has 0 bridgehead atoms. The Balaban J connectivity index is 2.68. The van der Waals surface area contributed by atoms with Crippen LogP contribution in [0.15, 0.2) is 24.3 Å². The molecule has 94 valence electrons. The molecule has 0 amide bonds. The molecule has 1 aliphatic heterocycles. The van der Waals surface area contributed by atoms with Crippen LogP contribution in [0.5, 0.6) is 0 Å². The van der Waals surface area contributed by atoms with E-state index in [1.54, 1.807) is 0 Å². The lowest BCUT2D eigenvalue weighted by Gasteiger charge is -2.52. The molecule has 1 nitrogen and oxygen atoms in total. The molecule has 0 saturated carbocycles. The Morgan fingerprint density at radius 1 is 0.941 bits per heavy atom. The van der Waals surface area contributed by atoms with Gasteiger partial charge in [-0.1, -0.05) is 65.8 Å². The number of hydrogen-bond acceptors (Lipinski definition) is 1. The molecule has 1 aliphatic rings. The van der Waals surface area contributed by atoms with E-state index in [0.29, 0.717) is 0 Å². The second kappa shape index (κ2) is 3.58.